The van der Waals surface area contributed by atoms with Gasteiger partial charge in [-0.25, -0.2) is 18.2 Å². The number of rotatable bonds is 6. The summed E-state index contributed by atoms with van der Waals surface area (Å²) in [4.78, 5) is 15.9. The van der Waals surface area contributed by atoms with Gasteiger partial charge in [0.2, 0.25) is 5.89 Å². The van der Waals surface area contributed by atoms with Crippen molar-refractivity contribution in [2.24, 2.45) is 4.99 Å². The first-order chi connectivity index (χ1) is 14.8. The fourth-order valence-corrected chi connectivity index (χ4v) is 4.40. The van der Waals surface area contributed by atoms with Gasteiger partial charge < -0.3 is 8.83 Å². The highest BCUT2D eigenvalue weighted by atomic mass is 35.5. The Morgan fingerprint density at radius 3 is 2.58 bits per heavy atom. The predicted octanol–water partition coefficient (Wildman–Crippen LogP) is 4.00. The average Bonchev–Trinajstić information content (AvgIpc) is 3.14. The molecule has 0 aliphatic heterocycles. The monoisotopic (exact) mass is 457 g/mol. The lowest BCUT2D eigenvalue weighted by Gasteiger charge is -2.06. The number of hydrogen-bond donors (Lipinski definition) is 0. The molecular formula is C21H16ClN3O5S. The van der Waals surface area contributed by atoms with Crippen LogP contribution < -0.4 is 5.63 Å². The zero-order valence-electron chi connectivity index (χ0n) is 16.3. The molecule has 0 saturated carbocycles. The quantitative estimate of drug-likeness (QED) is 0.317. The second kappa shape index (κ2) is 8.44. The fraction of sp³-hybridized carbons (Fsp3) is 0.143. The second-order valence-electron chi connectivity index (χ2n) is 6.91. The van der Waals surface area contributed by atoms with E-state index < -0.39 is 21.2 Å². The van der Waals surface area contributed by atoms with Gasteiger partial charge >= 0.3 is 11.6 Å². The number of aromatic nitrogens is 2. The van der Waals surface area contributed by atoms with Gasteiger partial charge in [0.05, 0.1) is 5.75 Å². The summed E-state index contributed by atoms with van der Waals surface area (Å²) in [7, 11) is -3.71. The summed E-state index contributed by atoms with van der Waals surface area (Å²) in [6.45, 7) is 1.87. The second-order valence-corrected chi connectivity index (χ2v) is 9.41. The standard InChI is InChI=1S/C21H16ClN3O5S/c1-13-2-7-18-17(8-13)15(9-20(26)29-18)11-31(27,28)12-19-24-25-21(30-19)23-10-14-3-5-16(22)6-4-14/h2-10H,11-12H2,1H3/b23-10+. The van der Waals surface area contributed by atoms with Crippen LogP contribution in [0.3, 0.4) is 0 Å². The minimum Gasteiger partial charge on any atom is -0.423 e. The minimum absolute atomic E-state index is 0.0680. The van der Waals surface area contributed by atoms with Crippen molar-refractivity contribution >= 4 is 44.6 Å². The first-order valence-corrected chi connectivity index (χ1v) is 11.3. The maximum absolute atomic E-state index is 12.7. The van der Waals surface area contributed by atoms with Crippen molar-refractivity contribution in [1.29, 1.82) is 0 Å². The Hall–Kier alpha value is -3.30. The molecule has 0 aliphatic rings. The molecule has 158 valence electrons. The summed E-state index contributed by atoms with van der Waals surface area (Å²) in [5.41, 5.74) is 1.76. The molecular weight excluding hydrogens is 442 g/mol. The van der Waals surface area contributed by atoms with Crippen LogP contribution in [0.1, 0.15) is 22.6 Å². The largest absolute Gasteiger partial charge is 0.423 e. The van der Waals surface area contributed by atoms with Crippen molar-refractivity contribution in [3.63, 3.8) is 0 Å². The van der Waals surface area contributed by atoms with E-state index in [1.807, 2.05) is 6.92 Å². The van der Waals surface area contributed by atoms with Crippen LogP contribution >= 0.6 is 11.6 Å². The molecule has 0 radical (unpaired) electrons. The van der Waals surface area contributed by atoms with Gasteiger partial charge in [-0.15, -0.1) is 5.10 Å². The van der Waals surface area contributed by atoms with Crippen molar-refractivity contribution in [2.45, 2.75) is 18.4 Å². The van der Waals surface area contributed by atoms with Gasteiger partial charge in [-0.1, -0.05) is 40.5 Å². The summed E-state index contributed by atoms with van der Waals surface area (Å²) in [6.07, 6.45) is 1.50. The molecule has 2 aromatic heterocycles. The van der Waals surface area contributed by atoms with E-state index in [0.717, 1.165) is 11.1 Å². The molecule has 2 heterocycles. The van der Waals surface area contributed by atoms with E-state index in [1.54, 1.807) is 42.5 Å². The molecule has 0 spiro atoms. The van der Waals surface area contributed by atoms with Crippen LogP contribution in [0.15, 0.2) is 67.2 Å². The minimum atomic E-state index is -3.71. The Kier molecular flexibility index (Phi) is 5.71. The number of halogens is 1. The molecule has 0 fully saturated rings. The summed E-state index contributed by atoms with van der Waals surface area (Å²) >= 11 is 5.84. The lowest BCUT2D eigenvalue weighted by molar-refractivity contribution is 0.515. The highest BCUT2D eigenvalue weighted by molar-refractivity contribution is 7.89. The Bertz CT molecular complexity index is 1440. The van der Waals surface area contributed by atoms with Crippen LogP contribution in [0.4, 0.5) is 6.01 Å². The maximum atomic E-state index is 12.7. The molecule has 8 nitrogen and oxygen atoms in total. The van der Waals surface area contributed by atoms with Gasteiger partial charge in [0.25, 0.3) is 0 Å². The molecule has 0 atom stereocenters. The van der Waals surface area contributed by atoms with E-state index in [-0.39, 0.29) is 17.7 Å². The molecule has 0 aliphatic carbocycles. The van der Waals surface area contributed by atoms with Gasteiger partial charge in [-0.05, 0) is 42.3 Å². The van der Waals surface area contributed by atoms with Crippen molar-refractivity contribution in [2.75, 3.05) is 0 Å². The van der Waals surface area contributed by atoms with E-state index in [0.29, 0.717) is 21.6 Å². The van der Waals surface area contributed by atoms with E-state index >= 15 is 0 Å². The molecule has 10 heteroatoms. The molecule has 0 saturated heterocycles. The van der Waals surface area contributed by atoms with Gasteiger partial charge in [0.15, 0.2) is 9.84 Å². The molecule has 4 aromatic rings. The van der Waals surface area contributed by atoms with Crippen LogP contribution in [0.5, 0.6) is 0 Å². The third-order valence-corrected chi connectivity index (χ3v) is 6.04. The normalized spacial score (nSPS) is 12.1. The molecule has 31 heavy (non-hydrogen) atoms. The van der Waals surface area contributed by atoms with Crippen LogP contribution in [0, 0.1) is 6.92 Å². The summed E-state index contributed by atoms with van der Waals surface area (Å²) < 4.78 is 35.9. The van der Waals surface area contributed by atoms with Gasteiger partial charge in [0, 0.05) is 22.7 Å². The molecule has 0 N–H and O–H groups in total. The number of sulfone groups is 1. The van der Waals surface area contributed by atoms with Crippen LogP contribution in [-0.2, 0) is 21.3 Å². The van der Waals surface area contributed by atoms with E-state index in [9.17, 15) is 13.2 Å². The van der Waals surface area contributed by atoms with Crippen molar-refractivity contribution < 1.29 is 17.3 Å². The first-order valence-electron chi connectivity index (χ1n) is 9.13. The number of fused-ring (bicyclic) bond motifs is 1. The first kappa shape index (κ1) is 21.0. The third-order valence-electron chi connectivity index (χ3n) is 4.35. The molecule has 2 aromatic carbocycles. The Labute approximate surface area is 182 Å². The predicted molar refractivity (Wildman–Crippen MR) is 117 cm³/mol. The highest BCUT2D eigenvalue weighted by Gasteiger charge is 2.20. The zero-order valence-corrected chi connectivity index (χ0v) is 17.9. The summed E-state index contributed by atoms with van der Waals surface area (Å²) in [5.74, 6) is -0.944. The maximum Gasteiger partial charge on any atom is 0.342 e. The van der Waals surface area contributed by atoms with Gasteiger partial charge in [0.1, 0.15) is 11.3 Å². The Morgan fingerprint density at radius 2 is 1.81 bits per heavy atom. The zero-order chi connectivity index (χ0) is 22.0. The third kappa shape index (κ3) is 5.25. The molecule has 0 unspecified atom stereocenters. The lowest BCUT2D eigenvalue weighted by atomic mass is 10.1. The number of benzene rings is 2. The number of aliphatic imine (C=N–C) groups is 1. The van der Waals surface area contributed by atoms with E-state index in [4.69, 9.17) is 20.4 Å². The molecule has 0 bridgehead atoms. The Morgan fingerprint density at radius 1 is 1.03 bits per heavy atom. The van der Waals surface area contributed by atoms with Gasteiger partial charge in [-0.2, -0.15) is 0 Å². The lowest BCUT2D eigenvalue weighted by Crippen LogP contribution is -2.10. The topological polar surface area (TPSA) is 116 Å². The SMILES string of the molecule is Cc1ccc2oc(=O)cc(CS(=O)(=O)Cc3nnc(/N=C/c4ccc(Cl)cc4)o3)c2c1. The smallest absolute Gasteiger partial charge is 0.342 e. The number of hydrogen-bond acceptors (Lipinski definition) is 8. The van der Waals surface area contributed by atoms with E-state index in [2.05, 4.69) is 15.2 Å². The number of nitrogens with zero attached hydrogens (tertiary/aromatic N) is 3. The van der Waals surface area contributed by atoms with Crippen molar-refractivity contribution in [1.82, 2.24) is 10.2 Å². The van der Waals surface area contributed by atoms with Crippen LogP contribution in [-0.4, -0.2) is 24.8 Å². The van der Waals surface area contributed by atoms with Crippen LogP contribution in [0.25, 0.3) is 11.0 Å². The van der Waals surface area contributed by atoms with Crippen molar-refractivity contribution in [3.8, 4) is 0 Å². The van der Waals surface area contributed by atoms with Gasteiger partial charge in [-0.3, -0.25) is 0 Å². The van der Waals surface area contributed by atoms with E-state index in [1.165, 1.54) is 12.3 Å². The Balaban J connectivity index is 1.52. The summed E-state index contributed by atoms with van der Waals surface area (Å²) in [5, 5.41) is 8.67. The summed E-state index contributed by atoms with van der Waals surface area (Å²) in [6, 6.07) is 13.3. The average molecular weight is 458 g/mol. The van der Waals surface area contributed by atoms with Crippen molar-refractivity contribution in [3.05, 3.63) is 86.6 Å². The van der Waals surface area contributed by atoms with Crippen LogP contribution in [0.2, 0.25) is 5.02 Å². The molecule has 4 rings (SSSR count). The fourth-order valence-electron chi connectivity index (χ4n) is 2.97. The highest BCUT2D eigenvalue weighted by Crippen LogP contribution is 2.22. The number of aryl methyl sites for hydroxylation is 1. The molecule has 0 amide bonds.